The maximum Gasteiger partial charge on any atom is 0.238 e. The van der Waals surface area contributed by atoms with Crippen LogP contribution in [0.4, 0.5) is 11.4 Å². The van der Waals surface area contributed by atoms with E-state index in [0.717, 1.165) is 56.6 Å². The number of benzene rings is 5. The fourth-order valence-corrected chi connectivity index (χ4v) is 10.6. The Balaban J connectivity index is 0.979. The van der Waals surface area contributed by atoms with E-state index in [0.29, 0.717) is 11.4 Å². The summed E-state index contributed by atoms with van der Waals surface area (Å²) in [5, 5.41) is 4.35. The Labute approximate surface area is 288 Å². The van der Waals surface area contributed by atoms with E-state index in [1.165, 1.54) is 9.80 Å². The van der Waals surface area contributed by atoms with Crippen LogP contribution in [-0.4, -0.2) is 23.6 Å². The van der Waals surface area contributed by atoms with Gasteiger partial charge in [-0.25, -0.2) is 0 Å². The summed E-state index contributed by atoms with van der Waals surface area (Å²) in [4.78, 5) is 56.8. The summed E-state index contributed by atoms with van der Waals surface area (Å²) in [6.45, 7) is 0. The summed E-state index contributed by atoms with van der Waals surface area (Å²) < 4.78 is 0. The van der Waals surface area contributed by atoms with Gasteiger partial charge in [-0.1, -0.05) is 97.1 Å². The highest BCUT2D eigenvalue weighted by molar-refractivity contribution is 6.25. The largest absolute Gasteiger partial charge is 0.274 e. The first-order chi connectivity index (χ1) is 24.5. The Hall–Kier alpha value is -5.62. The number of carbonyl (C=O) groups excluding carboxylic acids is 4. The summed E-state index contributed by atoms with van der Waals surface area (Å²) in [5.74, 6) is -0.474. The molecule has 2 aliphatic heterocycles. The van der Waals surface area contributed by atoms with E-state index >= 15 is 0 Å². The SMILES string of the molecule is O=C1[C@@H]2[C@@H](C(=O)N1c1ccc(-c3c4ccccc4c(-c4ccc(N5C(=O)[C@@H]6[C@H](C5=O)[C@H]5C=C[C@H]6C5)cc4)c4ccccc34)cc1)[C@H]1C=C[C@H]2C1. The molecule has 6 aliphatic rings. The number of allylic oxidation sites excluding steroid dienone is 4. The van der Waals surface area contributed by atoms with Crippen LogP contribution in [0.2, 0.25) is 0 Å². The second kappa shape index (κ2) is 9.97. The Morgan fingerprint density at radius 2 is 0.660 bits per heavy atom. The van der Waals surface area contributed by atoms with Crippen LogP contribution < -0.4 is 9.80 Å². The molecule has 6 heteroatoms. The van der Waals surface area contributed by atoms with Crippen molar-refractivity contribution in [3.05, 3.63) is 121 Å². The predicted octanol–water partition coefficient (Wildman–Crippen LogP) is 7.95. The molecule has 2 heterocycles. The van der Waals surface area contributed by atoms with Crippen LogP contribution in [0.3, 0.4) is 0 Å². The van der Waals surface area contributed by atoms with Crippen LogP contribution in [0.25, 0.3) is 43.8 Å². The number of carbonyl (C=O) groups is 4. The number of hydrogen-bond donors (Lipinski definition) is 0. The maximum atomic E-state index is 13.5. The van der Waals surface area contributed by atoms with E-state index in [2.05, 4.69) is 48.6 Å². The van der Waals surface area contributed by atoms with E-state index in [1.54, 1.807) is 0 Å². The summed E-state index contributed by atoms with van der Waals surface area (Å²) in [6, 6.07) is 32.5. The van der Waals surface area contributed by atoms with Crippen molar-refractivity contribution in [1.82, 2.24) is 0 Å². The molecule has 242 valence electrons. The molecule has 0 spiro atoms. The van der Waals surface area contributed by atoms with Crippen LogP contribution in [0.15, 0.2) is 121 Å². The molecule has 2 saturated heterocycles. The summed E-state index contributed by atoms with van der Waals surface area (Å²) >= 11 is 0. The van der Waals surface area contributed by atoms with E-state index in [1.807, 2.05) is 72.8 Å². The molecule has 4 fully saturated rings. The zero-order valence-corrected chi connectivity index (χ0v) is 27.1. The Kier molecular flexibility index (Phi) is 5.63. The van der Waals surface area contributed by atoms with Gasteiger partial charge in [-0.3, -0.25) is 29.0 Å². The Morgan fingerprint density at radius 3 is 0.940 bits per heavy atom. The zero-order valence-electron chi connectivity index (χ0n) is 27.1. The smallest absolute Gasteiger partial charge is 0.238 e. The molecule has 5 aromatic rings. The van der Waals surface area contributed by atoms with Crippen LogP contribution in [0.5, 0.6) is 0 Å². The second-order valence-corrected chi connectivity index (χ2v) is 15.0. The molecule has 4 amide bonds. The normalized spacial score (nSPS) is 30.2. The first-order valence-corrected chi connectivity index (χ1v) is 17.7. The number of nitrogens with zero attached hydrogens (tertiary/aromatic N) is 2. The molecular weight excluding hydrogens is 620 g/mol. The molecular formula is C44H32N2O4. The van der Waals surface area contributed by atoms with Gasteiger partial charge < -0.3 is 0 Å². The third-order valence-corrected chi connectivity index (χ3v) is 12.7. The van der Waals surface area contributed by atoms with E-state index in [4.69, 9.17) is 0 Å². The van der Waals surface area contributed by atoms with E-state index in [-0.39, 0.29) is 71.0 Å². The first kappa shape index (κ1) is 28.2. The standard InChI is InChI=1S/C44H32N2O4/c47-41-37-25-9-10-26(21-25)38(37)42(48)45(41)29-17-13-23(14-18-29)35-31-5-1-2-6-32(31)36(34-8-4-3-7-33(34)35)24-15-19-30(20-16-24)46-43(49)39-27-11-12-28(22-27)40(39)44(46)50/h1-20,25-28,37-40H,21-22H2/t25-,26-,27-,28-,37-,38-,39-,40+/m0/s1. The van der Waals surface area contributed by atoms with Crippen molar-refractivity contribution < 1.29 is 19.2 Å². The lowest BCUT2D eigenvalue weighted by Gasteiger charge is -2.20. The number of hydrogen-bond acceptors (Lipinski definition) is 4. The summed E-state index contributed by atoms with van der Waals surface area (Å²) in [7, 11) is 0. The Morgan fingerprint density at radius 1 is 0.380 bits per heavy atom. The first-order valence-electron chi connectivity index (χ1n) is 17.7. The van der Waals surface area contributed by atoms with Gasteiger partial charge in [-0.2, -0.15) is 0 Å². The van der Waals surface area contributed by atoms with Gasteiger partial charge in [0.1, 0.15) is 0 Å². The number of amides is 4. The van der Waals surface area contributed by atoms with Gasteiger partial charge >= 0.3 is 0 Å². The van der Waals surface area contributed by atoms with Gasteiger partial charge in [-0.05, 0) is 105 Å². The lowest BCUT2D eigenvalue weighted by atomic mass is 9.85. The van der Waals surface area contributed by atoms with E-state index < -0.39 is 0 Å². The van der Waals surface area contributed by atoms with Crippen LogP contribution in [-0.2, 0) is 19.2 Å². The van der Waals surface area contributed by atoms with Crippen LogP contribution in [0.1, 0.15) is 12.8 Å². The fraction of sp³-hybridized carbons (Fsp3) is 0.227. The quantitative estimate of drug-likeness (QED) is 0.112. The van der Waals surface area contributed by atoms with Gasteiger partial charge in [-0.15, -0.1) is 0 Å². The molecule has 8 atom stereocenters. The van der Waals surface area contributed by atoms with Crippen LogP contribution in [0, 0.1) is 47.3 Å². The van der Waals surface area contributed by atoms with Crippen molar-refractivity contribution in [2.24, 2.45) is 47.3 Å². The lowest BCUT2D eigenvalue weighted by Crippen LogP contribution is -2.32. The number of anilines is 2. The minimum Gasteiger partial charge on any atom is -0.274 e. The number of rotatable bonds is 4. The Bertz CT molecular complexity index is 2140. The molecule has 4 aliphatic carbocycles. The lowest BCUT2D eigenvalue weighted by molar-refractivity contribution is -0.124. The molecule has 0 unspecified atom stereocenters. The van der Waals surface area contributed by atoms with Gasteiger partial charge in [0, 0.05) is 0 Å². The molecule has 0 N–H and O–H groups in total. The van der Waals surface area contributed by atoms with Crippen molar-refractivity contribution in [2.75, 3.05) is 9.80 Å². The molecule has 0 radical (unpaired) electrons. The third kappa shape index (κ3) is 3.58. The van der Waals surface area contributed by atoms with Crippen LogP contribution >= 0.6 is 0 Å². The highest BCUT2D eigenvalue weighted by atomic mass is 16.2. The monoisotopic (exact) mass is 652 g/mol. The number of imide groups is 2. The highest BCUT2D eigenvalue weighted by Crippen LogP contribution is 2.55. The topological polar surface area (TPSA) is 74.8 Å². The van der Waals surface area contributed by atoms with Crippen molar-refractivity contribution in [3.63, 3.8) is 0 Å². The van der Waals surface area contributed by atoms with E-state index in [9.17, 15) is 19.2 Å². The maximum absolute atomic E-state index is 13.5. The minimum absolute atomic E-state index is 0.0682. The fourth-order valence-electron chi connectivity index (χ4n) is 10.6. The minimum atomic E-state index is -0.227. The number of fused-ring (bicyclic) bond motifs is 12. The van der Waals surface area contributed by atoms with Gasteiger partial charge in [0.2, 0.25) is 23.6 Å². The molecule has 4 bridgehead atoms. The van der Waals surface area contributed by atoms with Gasteiger partial charge in [0.25, 0.3) is 0 Å². The summed E-state index contributed by atoms with van der Waals surface area (Å²) in [5.41, 5.74) is 5.44. The van der Waals surface area contributed by atoms with Crippen molar-refractivity contribution >= 4 is 56.5 Å². The summed E-state index contributed by atoms with van der Waals surface area (Å²) in [6.07, 6.45) is 10.3. The third-order valence-electron chi connectivity index (χ3n) is 12.7. The highest BCUT2D eigenvalue weighted by Gasteiger charge is 2.60. The van der Waals surface area contributed by atoms with Crippen molar-refractivity contribution in [3.8, 4) is 22.3 Å². The molecule has 0 aromatic heterocycles. The molecule has 5 aromatic carbocycles. The van der Waals surface area contributed by atoms with Crippen molar-refractivity contribution in [1.29, 1.82) is 0 Å². The van der Waals surface area contributed by atoms with Crippen molar-refractivity contribution in [2.45, 2.75) is 12.8 Å². The zero-order chi connectivity index (χ0) is 33.4. The average Bonchev–Trinajstić information content (AvgIpc) is 4.01. The molecule has 2 saturated carbocycles. The van der Waals surface area contributed by atoms with Gasteiger partial charge in [0.05, 0.1) is 35.0 Å². The molecule has 11 rings (SSSR count). The molecule has 50 heavy (non-hydrogen) atoms. The average molecular weight is 653 g/mol. The van der Waals surface area contributed by atoms with Gasteiger partial charge in [0.15, 0.2) is 0 Å². The predicted molar refractivity (Wildman–Crippen MR) is 193 cm³/mol. The molecule has 6 nitrogen and oxygen atoms in total. The second-order valence-electron chi connectivity index (χ2n) is 15.0.